The molecular weight excluding hydrogens is 488 g/mol. The van der Waals surface area contributed by atoms with E-state index in [4.69, 9.17) is 9.47 Å². The van der Waals surface area contributed by atoms with Crippen molar-refractivity contribution in [1.82, 2.24) is 24.0 Å². The molecule has 12 heteroatoms. The molecule has 0 bridgehead atoms. The molecule has 4 rings (SSSR count). The second-order valence-electron chi connectivity index (χ2n) is 8.79. The number of allylic oxidation sites excluding steroid dienone is 2. The SMILES string of the molecule is CCC(F)(F)Oc1cccc(Oc2nc3c(c(=O)n(CCCO)c(=O)n3C)n2CC2=CNCC(C)=C2)c1. The van der Waals surface area contributed by atoms with Gasteiger partial charge >= 0.3 is 17.8 Å². The predicted molar refractivity (Wildman–Crippen MR) is 133 cm³/mol. The first-order valence-corrected chi connectivity index (χ1v) is 11.9. The largest absolute Gasteiger partial charge is 0.432 e. The Morgan fingerprint density at radius 1 is 1.22 bits per heavy atom. The highest BCUT2D eigenvalue weighted by molar-refractivity contribution is 5.72. The molecule has 0 radical (unpaired) electrons. The zero-order valence-electron chi connectivity index (χ0n) is 20.8. The van der Waals surface area contributed by atoms with Crippen molar-refractivity contribution >= 4 is 11.2 Å². The zero-order valence-corrected chi connectivity index (χ0v) is 20.8. The average molecular weight is 518 g/mol. The van der Waals surface area contributed by atoms with Crippen LogP contribution in [0, 0.1) is 0 Å². The van der Waals surface area contributed by atoms with Crippen molar-refractivity contribution in [3.05, 3.63) is 68.5 Å². The highest BCUT2D eigenvalue weighted by Gasteiger charge is 2.29. The number of fused-ring (bicyclic) bond motifs is 1. The van der Waals surface area contributed by atoms with Crippen LogP contribution < -0.4 is 26.0 Å². The van der Waals surface area contributed by atoms with Crippen molar-refractivity contribution in [2.24, 2.45) is 7.05 Å². The standard InChI is InChI=1S/C25H29F2N5O5/c1-4-25(26,27)37-19-8-5-7-18(12-19)36-23-29-21-20(32(23)15-17-11-16(2)13-28-14-17)22(34)31(9-6-10-33)24(35)30(21)3/h5,7-8,11-12,14,28,33H,4,6,9-10,13,15H2,1-3H3. The van der Waals surface area contributed by atoms with Crippen LogP contribution in [0.15, 0.2) is 57.3 Å². The van der Waals surface area contributed by atoms with Gasteiger partial charge in [-0.25, -0.2) is 4.79 Å². The van der Waals surface area contributed by atoms with Crippen molar-refractivity contribution in [2.45, 2.75) is 45.9 Å². The molecule has 0 aliphatic carbocycles. The fourth-order valence-corrected chi connectivity index (χ4v) is 3.98. The Morgan fingerprint density at radius 3 is 2.68 bits per heavy atom. The molecular formula is C25H29F2N5O5. The lowest BCUT2D eigenvalue weighted by molar-refractivity contribution is -0.177. The number of halogens is 2. The van der Waals surface area contributed by atoms with Crippen LogP contribution in [0.25, 0.3) is 11.2 Å². The van der Waals surface area contributed by atoms with Crippen LogP contribution in [0.4, 0.5) is 8.78 Å². The van der Waals surface area contributed by atoms with Crippen molar-refractivity contribution in [2.75, 3.05) is 13.2 Å². The van der Waals surface area contributed by atoms with Gasteiger partial charge in [0.25, 0.3) is 5.56 Å². The lowest BCUT2D eigenvalue weighted by atomic mass is 10.1. The van der Waals surface area contributed by atoms with E-state index in [1.54, 1.807) is 10.6 Å². The molecule has 37 heavy (non-hydrogen) atoms. The monoisotopic (exact) mass is 517 g/mol. The maximum absolute atomic E-state index is 13.8. The molecule has 10 nitrogen and oxygen atoms in total. The Kier molecular flexibility index (Phi) is 7.48. The minimum atomic E-state index is -3.34. The number of hydrogen-bond donors (Lipinski definition) is 2. The Morgan fingerprint density at radius 2 is 1.97 bits per heavy atom. The molecule has 0 saturated heterocycles. The summed E-state index contributed by atoms with van der Waals surface area (Å²) in [5.74, 6) is 0.0672. The molecule has 198 valence electrons. The van der Waals surface area contributed by atoms with E-state index in [1.807, 2.05) is 19.2 Å². The number of rotatable bonds is 10. The molecule has 2 N–H and O–H groups in total. The smallest absolute Gasteiger partial charge is 0.397 e. The van der Waals surface area contributed by atoms with Gasteiger partial charge in [0, 0.05) is 45.4 Å². The Hall–Kier alpha value is -3.93. The number of nitrogens with zero attached hydrogens (tertiary/aromatic N) is 4. The normalized spacial score (nSPS) is 13.8. The van der Waals surface area contributed by atoms with Crippen molar-refractivity contribution in [1.29, 1.82) is 0 Å². The number of dihydropyridines is 1. The number of hydrogen-bond acceptors (Lipinski definition) is 7. The van der Waals surface area contributed by atoms with Crippen LogP contribution in [0.1, 0.15) is 26.7 Å². The lowest BCUT2D eigenvalue weighted by Crippen LogP contribution is -2.40. The second-order valence-corrected chi connectivity index (χ2v) is 8.79. The molecule has 0 saturated carbocycles. The number of ether oxygens (including phenoxy) is 2. The van der Waals surface area contributed by atoms with Crippen LogP contribution in [-0.4, -0.2) is 43.1 Å². The molecule has 3 aromatic rings. The summed E-state index contributed by atoms with van der Waals surface area (Å²) in [6.07, 6.45) is 0.176. The molecule has 0 amide bonds. The third-order valence-electron chi connectivity index (χ3n) is 5.87. The van der Waals surface area contributed by atoms with E-state index < -0.39 is 23.8 Å². The molecule has 1 aliphatic heterocycles. The van der Waals surface area contributed by atoms with Gasteiger partial charge in [0.1, 0.15) is 11.5 Å². The first-order chi connectivity index (χ1) is 17.6. The van der Waals surface area contributed by atoms with Gasteiger partial charge in [-0.3, -0.25) is 18.5 Å². The van der Waals surface area contributed by atoms with Crippen LogP contribution >= 0.6 is 0 Å². The van der Waals surface area contributed by atoms with E-state index >= 15 is 0 Å². The lowest BCUT2D eigenvalue weighted by Gasteiger charge is -2.17. The van der Waals surface area contributed by atoms with E-state index in [0.717, 1.165) is 15.7 Å². The Balaban J connectivity index is 1.84. The summed E-state index contributed by atoms with van der Waals surface area (Å²) in [5, 5.41) is 12.4. The van der Waals surface area contributed by atoms with Gasteiger partial charge in [-0.15, -0.1) is 0 Å². The van der Waals surface area contributed by atoms with Gasteiger partial charge in [-0.05, 0) is 31.1 Å². The van der Waals surface area contributed by atoms with E-state index in [0.29, 0.717) is 6.54 Å². The third-order valence-corrected chi connectivity index (χ3v) is 5.87. The summed E-state index contributed by atoms with van der Waals surface area (Å²) in [4.78, 5) is 30.7. The van der Waals surface area contributed by atoms with Crippen molar-refractivity contribution < 1.29 is 23.4 Å². The van der Waals surface area contributed by atoms with Crippen molar-refractivity contribution in [3.8, 4) is 17.5 Å². The van der Waals surface area contributed by atoms with Crippen LogP contribution in [0.3, 0.4) is 0 Å². The predicted octanol–water partition coefficient (Wildman–Crippen LogP) is 2.89. The summed E-state index contributed by atoms with van der Waals surface area (Å²) >= 11 is 0. The summed E-state index contributed by atoms with van der Waals surface area (Å²) in [7, 11) is 1.49. The summed E-state index contributed by atoms with van der Waals surface area (Å²) in [5.41, 5.74) is 1.02. The molecule has 0 unspecified atom stereocenters. The van der Waals surface area contributed by atoms with Gasteiger partial charge in [0.05, 0.1) is 6.54 Å². The maximum atomic E-state index is 13.8. The number of alkyl halides is 2. The first-order valence-electron chi connectivity index (χ1n) is 11.9. The van der Waals surface area contributed by atoms with E-state index in [2.05, 4.69) is 10.3 Å². The van der Waals surface area contributed by atoms with Crippen LogP contribution in [0.2, 0.25) is 0 Å². The molecule has 0 spiro atoms. The second kappa shape index (κ2) is 10.6. The highest BCUT2D eigenvalue weighted by atomic mass is 19.3. The van der Waals surface area contributed by atoms with Gasteiger partial charge in [-0.1, -0.05) is 24.6 Å². The number of aromatic nitrogens is 4. The molecule has 0 fully saturated rings. The summed E-state index contributed by atoms with van der Waals surface area (Å²) in [6, 6.07) is 5.73. The van der Waals surface area contributed by atoms with Gasteiger partial charge in [0.15, 0.2) is 11.2 Å². The minimum Gasteiger partial charge on any atom is -0.432 e. The number of benzene rings is 1. The summed E-state index contributed by atoms with van der Waals surface area (Å²) in [6.45, 7) is 4.01. The summed E-state index contributed by atoms with van der Waals surface area (Å²) < 4.78 is 42.1. The van der Waals surface area contributed by atoms with Gasteiger partial charge in [-0.2, -0.15) is 13.8 Å². The van der Waals surface area contributed by atoms with Crippen LogP contribution in [-0.2, 0) is 20.1 Å². The number of nitrogens with one attached hydrogen (secondary N) is 1. The number of aliphatic hydroxyl groups excluding tert-OH is 1. The maximum Gasteiger partial charge on any atom is 0.397 e. The van der Waals surface area contributed by atoms with Crippen molar-refractivity contribution in [3.63, 3.8) is 0 Å². The minimum absolute atomic E-state index is 0.000985. The van der Waals surface area contributed by atoms with Gasteiger partial charge in [0.2, 0.25) is 0 Å². The first kappa shape index (κ1) is 26.1. The molecule has 1 aromatic carbocycles. The Labute approximate surface area is 211 Å². The fraction of sp³-hybridized carbons (Fsp3) is 0.400. The Bertz CT molecular complexity index is 1490. The molecule has 3 heterocycles. The van der Waals surface area contributed by atoms with E-state index in [1.165, 1.54) is 36.7 Å². The number of aliphatic hydroxyl groups is 1. The molecule has 2 aromatic heterocycles. The average Bonchev–Trinajstić information content (AvgIpc) is 3.20. The van der Waals surface area contributed by atoms with E-state index in [-0.39, 0.29) is 54.8 Å². The highest BCUT2D eigenvalue weighted by Crippen LogP contribution is 2.31. The van der Waals surface area contributed by atoms with E-state index in [9.17, 15) is 23.5 Å². The number of aryl methyl sites for hydroxylation is 1. The molecule has 0 atom stereocenters. The quantitative estimate of drug-likeness (QED) is 0.425. The van der Waals surface area contributed by atoms with Crippen LogP contribution in [0.5, 0.6) is 17.5 Å². The topological polar surface area (TPSA) is 113 Å². The zero-order chi connectivity index (χ0) is 26.7. The third kappa shape index (κ3) is 5.58. The molecule has 1 aliphatic rings. The van der Waals surface area contributed by atoms with Gasteiger partial charge < -0.3 is 19.9 Å². The number of imidazole rings is 1. The fourth-order valence-electron chi connectivity index (χ4n) is 3.98.